The molecule has 0 aromatic heterocycles. The molecule has 0 N–H and O–H groups in total. The molecule has 5 atom stereocenters. The van der Waals surface area contributed by atoms with Gasteiger partial charge in [-0.1, -0.05) is 57.1 Å². The number of rotatable bonds is 0. The van der Waals surface area contributed by atoms with E-state index in [1.54, 1.807) is 5.57 Å². The van der Waals surface area contributed by atoms with Crippen LogP contribution < -0.4 is 0 Å². The molecule has 0 radical (unpaired) electrons. The zero-order valence-electron chi connectivity index (χ0n) is 11.8. The summed E-state index contributed by atoms with van der Waals surface area (Å²) in [6.07, 6.45) is 16.2. The van der Waals surface area contributed by atoms with E-state index < -0.39 is 0 Å². The molecule has 5 unspecified atom stereocenters. The smallest absolute Gasteiger partial charge is 0.00376 e. The second kappa shape index (κ2) is 5.28. The maximum Gasteiger partial charge on any atom is 0.00376 e. The first kappa shape index (κ1) is 13.2. The Morgan fingerprint density at radius 1 is 0.889 bits per heavy atom. The van der Waals surface area contributed by atoms with Crippen molar-refractivity contribution in [1.29, 1.82) is 0 Å². The molecular weight excluding hydrogens is 235 g/mol. The molecule has 2 bridgehead atoms. The highest BCUT2D eigenvalue weighted by Gasteiger charge is 2.55. The normalized spacial score (nSPS) is 45.6. The largest absolute Gasteiger partial charge is 0.134 e. The minimum atomic E-state index is 0.559. The average Bonchev–Trinajstić information content (AvgIpc) is 2.98. The fraction of sp³-hybridized carbons (Fsp3) is 0.882. The first-order valence-corrected chi connectivity index (χ1v) is 8.84. The van der Waals surface area contributed by atoms with Gasteiger partial charge < -0.3 is 0 Å². The second-order valence-electron chi connectivity index (χ2n) is 7.14. The monoisotopic (exact) mass is 264 g/mol. The quantitative estimate of drug-likeness (QED) is 0.409. The molecule has 18 heavy (non-hydrogen) atoms. The Bertz CT molecular complexity index is 322. The van der Waals surface area contributed by atoms with Gasteiger partial charge in [0.2, 0.25) is 0 Å². The number of hydrogen-bond donors (Lipinski definition) is 0. The van der Waals surface area contributed by atoms with E-state index in [4.69, 9.17) is 0 Å². The van der Waals surface area contributed by atoms with E-state index in [-0.39, 0.29) is 0 Å². The van der Waals surface area contributed by atoms with Crippen molar-refractivity contribution in [2.75, 3.05) is 0 Å². The summed E-state index contributed by atoms with van der Waals surface area (Å²) in [5.41, 5.74) is 2.97. The molecule has 0 aromatic carbocycles. The van der Waals surface area contributed by atoms with Gasteiger partial charge in [0.1, 0.15) is 0 Å². The van der Waals surface area contributed by atoms with Crippen LogP contribution in [-0.2, 0) is 0 Å². The molecule has 3 aliphatic rings. The van der Waals surface area contributed by atoms with Crippen LogP contribution in [0.15, 0.2) is 12.2 Å². The maximum absolute atomic E-state index is 4.38. The van der Waals surface area contributed by atoms with Crippen LogP contribution >= 0.6 is 9.24 Å². The van der Waals surface area contributed by atoms with E-state index >= 15 is 0 Å². The molecule has 0 aliphatic heterocycles. The summed E-state index contributed by atoms with van der Waals surface area (Å²) in [4.78, 5) is 0. The van der Waals surface area contributed by atoms with Gasteiger partial charge in [0.05, 0.1) is 0 Å². The lowest BCUT2D eigenvalue weighted by atomic mass is 9.78. The van der Waals surface area contributed by atoms with Gasteiger partial charge in [0.15, 0.2) is 0 Å². The van der Waals surface area contributed by atoms with Crippen LogP contribution in [0.2, 0.25) is 0 Å². The predicted molar refractivity (Wildman–Crippen MR) is 82.8 cm³/mol. The highest BCUT2D eigenvalue weighted by molar-refractivity contribution is 7.17. The van der Waals surface area contributed by atoms with E-state index in [2.05, 4.69) is 15.8 Å². The van der Waals surface area contributed by atoms with Crippen molar-refractivity contribution >= 4 is 9.24 Å². The maximum atomic E-state index is 4.38. The summed E-state index contributed by atoms with van der Waals surface area (Å²) in [7, 11) is 3.20. The van der Waals surface area contributed by atoms with Crippen LogP contribution in [0.3, 0.4) is 0 Å². The summed E-state index contributed by atoms with van der Waals surface area (Å²) in [6.45, 7) is 4.38. The van der Waals surface area contributed by atoms with E-state index in [1.807, 2.05) is 0 Å². The van der Waals surface area contributed by atoms with Crippen LogP contribution in [0.1, 0.15) is 70.6 Å². The molecule has 1 heteroatoms. The minimum absolute atomic E-state index is 0.559. The van der Waals surface area contributed by atoms with E-state index in [0.717, 1.165) is 17.5 Å². The Hall–Kier alpha value is 0.170. The van der Waals surface area contributed by atoms with Crippen molar-refractivity contribution in [3.8, 4) is 0 Å². The van der Waals surface area contributed by atoms with Gasteiger partial charge in [-0.15, -0.1) is 9.24 Å². The molecule has 3 fully saturated rings. The lowest BCUT2D eigenvalue weighted by Crippen LogP contribution is -2.26. The third kappa shape index (κ3) is 2.31. The fourth-order valence-electron chi connectivity index (χ4n) is 4.85. The first-order valence-electron chi connectivity index (χ1n) is 8.17. The molecule has 3 aliphatic carbocycles. The highest BCUT2D eigenvalue weighted by Crippen LogP contribution is 2.65. The van der Waals surface area contributed by atoms with Gasteiger partial charge >= 0.3 is 0 Å². The lowest BCUT2D eigenvalue weighted by molar-refractivity contribution is 0.263. The second-order valence-corrected chi connectivity index (χ2v) is 7.94. The molecule has 0 nitrogen and oxygen atoms in total. The molecule has 3 saturated carbocycles. The molecule has 0 aromatic rings. The third-order valence-corrected chi connectivity index (χ3v) is 7.07. The molecular formula is C17H29P. The van der Waals surface area contributed by atoms with Gasteiger partial charge in [-0.2, -0.15) is 0 Å². The van der Waals surface area contributed by atoms with E-state index in [0.29, 0.717) is 5.41 Å². The summed E-state index contributed by atoms with van der Waals surface area (Å²) >= 11 is 0. The van der Waals surface area contributed by atoms with Gasteiger partial charge in [0.25, 0.3) is 0 Å². The molecule has 3 rings (SSSR count). The minimum Gasteiger partial charge on any atom is -0.134 e. The van der Waals surface area contributed by atoms with Crippen LogP contribution in [0.25, 0.3) is 0 Å². The van der Waals surface area contributed by atoms with Crippen LogP contribution in [0.4, 0.5) is 0 Å². The zero-order chi connectivity index (χ0) is 12.6. The Kier molecular flexibility index (Phi) is 3.86. The average molecular weight is 264 g/mol. The zero-order valence-corrected chi connectivity index (χ0v) is 12.9. The van der Waals surface area contributed by atoms with Crippen molar-refractivity contribution in [1.82, 2.24) is 0 Å². The SMILES string of the molecule is C=C1CC12C(P)CCCC1CCCCCC2CC1. The number of fused-ring (bicyclic) bond motifs is 4. The van der Waals surface area contributed by atoms with Crippen molar-refractivity contribution < 1.29 is 0 Å². The molecule has 0 amide bonds. The Labute approximate surface area is 115 Å². The van der Waals surface area contributed by atoms with Crippen molar-refractivity contribution in [2.24, 2.45) is 17.3 Å². The van der Waals surface area contributed by atoms with Crippen LogP contribution in [0.5, 0.6) is 0 Å². The molecule has 0 heterocycles. The highest BCUT2D eigenvalue weighted by atomic mass is 31.0. The molecule has 0 saturated heterocycles. The van der Waals surface area contributed by atoms with Gasteiger partial charge in [-0.05, 0) is 43.2 Å². The third-order valence-electron chi connectivity index (χ3n) is 6.15. The Balaban J connectivity index is 1.83. The van der Waals surface area contributed by atoms with Crippen molar-refractivity contribution in [2.45, 2.75) is 76.3 Å². The lowest BCUT2D eigenvalue weighted by Gasteiger charge is -2.31. The van der Waals surface area contributed by atoms with Crippen LogP contribution in [-0.4, -0.2) is 5.66 Å². The summed E-state index contributed by atoms with van der Waals surface area (Å²) in [6, 6.07) is 0. The number of allylic oxidation sites excluding steroid dienone is 1. The standard InChI is InChI=1S/C17H29P/c1-13-12-17(13)15-8-4-2-3-6-14(10-11-15)7-5-9-16(17)18/h14-16H,1-12,18H2. The fourth-order valence-corrected chi connectivity index (χ4v) is 5.71. The van der Waals surface area contributed by atoms with Gasteiger partial charge in [0, 0.05) is 5.41 Å². The summed E-state index contributed by atoms with van der Waals surface area (Å²) in [5.74, 6) is 2.01. The number of hydrogen-bond acceptors (Lipinski definition) is 0. The Morgan fingerprint density at radius 2 is 1.61 bits per heavy atom. The van der Waals surface area contributed by atoms with Crippen molar-refractivity contribution in [3.05, 3.63) is 12.2 Å². The van der Waals surface area contributed by atoms with Gasteiger partial charge in [-0.25, -0.2) is 0 Å². The molecule has 102 valence electrons. The molecule has 1 spiro atoms. The Morgan fingerprint density at radius 3 is 2.39 bits per heavy atom. The van der Waals surface area contributed by atoms with Crippen molar-refractivity contribution in [3.63, 3.8) is 0 Å². The van der Waals surface area contributed by atoms with Crippen LogP contribution in [0, 0.1) is 17.3 Å². The van der Waals surface area contributed by atoms with E-state index in [9.17, 15) is 0 Å². The summed E-state index contributed by atoms with van der Waals surface area (Å²) < 4.78 is 0. The summed E-state index contributed by atoms with van der Waals surface area (Å²) in [5, 5.41) is 0. The van der Waals surface area contributed by atoms with Gasteiger partial charge in [-0.3, -0.25) is 0 Å². The topological polar surface area (TPSA) is 0 Å². The van der Waals surface area contributed by atoms with E-state index in [1.165, 1.54) is 70.6 Å². The predicted octanol–water partition coefficient (Wildman–Crippen LogP) is 5.34. The first-order chi connectivity index (χ1) is 8.73.